The van der Waals surface area contributed by atoms with Crippen molar-refractivity contribution >= 4 is 23.7 Å². The summed E-state index contributed by atoms with van der Waals surface area (Å²) >= 11 is 0. The summed E-state index contributed by atoms with van der Waals surface area (Å²) in [4.78, 5) is 37.1. The van der Waals surface area contributed by atoms with E-state index in [-0.39, 0.29) is 29.5 Å². The highest BCUT2D eigenvalue weighted by Gasteiger charge is 2.33. The second-order valence-corrected chi connectivity index (χ2v) is 10.8. The van der Waals surface area contributed by atoms with Gasteiger partial charge >= 0.3 is 18.0 Å². The maximum Gasteiger partial charge on any atom is 0.335 e. The molecule has 8 nitrogen and oxygen atoms in total. The first kappa shape index (κ1) is 28.0. The van der Waals surface area contributed by atoms with Crippen LogP contribution in [0, 0.1) is 11.3 Å². The fourth-order valence-electron chi connectivity index (χ4n) is 4.81. The highest BCUT2D eigenvalue weighted by atomic mass is 16.5. The molecular formula is C29H38N2O6. The first-order valence-electron chi connectivity index (χ1n) is 12.9. The Hall–Kier alpha value is -3.55. The van der Waals surface area contributed by atoms with Crippen molar-refractivity contribution in [1.82, 2.24) is 4.90 Å². The lowest BCUT2D eigenvalue weighted by atomic mass is 9.71. The van der Waals surface area contributed by atoms with Gasteiger partial charge in [-0.05, 0) is 85.4 Å². The SMILES string of the molecule is CC(C)(C)C1CCC(N(Cc2ccc(OCCCC(=O)O)cc2)C(=O)Nc2ccc(C(=O)O)cc2)CC1. The van der Waals surface area contributed by atoms with Gasteiger partial charge in [-0.25, -0.2) is 9.59 Å². The molecule has 1 aliphatic rings. The zero-order valence-electron chi connectivity index (χ0n) is 21.9. The number of urea groups is 1. The van der Waals surface area contributed by atoms with E-state index in [1.807, 2.05) is 29.2 Å². The molecule has 3 rings (SSSR count). The van der Waals surface area contributed by atoms with Gasteiger partial charge < -0.3 is 25.2 Å². The molecule has 2 aromatic carbocycles. The third-order valence-electron chi connectivity index (χ3n) is 7.09. The molecule has 0 atom stereocenters. The maximum atomic E-state index is 13.4. The molecule has 8 heteroatoms. The summed E-state index contributed by atoms with van der Waals surface area (Å²) in [6, 6.07) is 13.6. The van der Waals surface area contributed by atoms with Crippen LogP contribution in [-0.2, 0) is 11.3 Å². The van der Waals surface area contributed by atoms with Crippen LogP contribution in [0.2, 0.25) is 0 Å². The number of aliphatic carboxylic acids is 1. The Morgan fingerprint density at radius 1 is 0.946 bits per heavy atom. The summed E-state index contributed by atoms with van der Waals surface area (Å²) in [5.41, 5.74) is 1.92. The number of ether oxygens (including phenoxy) is 1. The Morgan fingerprint density at radius 2 is 1.57 bits per heavy atom. The first-order chi connectivity index (χ1) is 17.5. The molecule has 1 aliphatic carbocycles. The number of hydrogen-bond donors (Lipinski definition) is 3. The summed E-state index contributed by atoms with van der Waals surface area (Å²) in [6.45, 7) is 7.58. The van der Waals surface area contributed by atoms with E-state index in [9.17, 15) is 14.4 Å². The fourth-order valence-corrected chi connectivity index (χ4v) is 4.81. The molecule has 0 aromatic heterocycles. The van der Waals surface area contributed by atoms with E-state index in [4.69, 9.17) is 14.9 Å². The third kappa shape index (κ3) is 8.51. The lowest BCUT2D eigenvalue weighted by molar-refractivity contribution is -0.137. The molecule has 1 fully saturated rings. The molecular weight excluding hydrogens is 472 g/mol. The summed E-state index contributed by atoms with van der Waals surface area (Å²) < 4.78 is 5.63. The molecule has 0 radical (unpaired) electrons. The number of carbonyl (C=O) groups is 3. The van der Waals surface area contributed by atoms with Crippen LogP contribution >= 0.6 is 0 Å². The van der Waals surface area contributed by atoms with Crippen LogP contribution in [0.15, 0.2) is 48.5 Å². The number of carboxylic acids is 2. The van der Waals surface area contributed by atoms with Crippen LogP contribution in [0.25, 0.3) is 0 Å². The van der Waals surface area contributed by atoms with E-state index in [1.165, 1.54) is 12.1 Å². The fraction of sp³-hybridized carbons (Fsp3) is 0.483. The van der Waals surface area contributed by atoms with Gasteiger partial charge in [0.2, 0.25) is 0 Å². The summed E-state index contributed by atoms with van der Waals surface area (Å²) in [6.07, 6.45) is 4.49. The minimum Gasteiger partial charge on any atom is -0.494 e. The molecule has 2 aromatic rings. The Labute approximate surface area is 218 Å². The number of anilines is 1. The molecule has 0 spiro atoms. The predicted molar refractivity (Wildman–Crippen MR) is 142 cm³/mol. The van der Waals surface area contributed by atoms with Gasteiger partial charge in [0.15, 0.2) is 0 Å². The van der Waals surface area contributed by atoms with Gasteiger partial charge in [-0.2, -0.15) is 0 Å². The second-order valence-electron chi connectivity index (χ2n) is 10.8. The van der Waals surface area contributed by atoms with Gasteiger partial charge in [-0.3, -0.25) is 4.79 Å². The average Bonchev–Trinajstić information content (AvgIpc) is 2.85. The molecule has 200 valence electrons. The van der Waals surface area contributed by atoms with E-state index < -0.39 is 11.9 Å². The van der Waals surface area contributed by atoms with Crippen LogP contribution in [0.3, 0.4) is 0 Å². The molecule has 1 saturated carbocycles. The van der Waals surface area contributed by atoms with Crippen molar-refractivity contribution in [3.05, 3.63) is 59.7 Å². The van der Waals surface area contributed by atoms with Crippen molar-refractivity contribution in [2.75, 3.05) is 11.9 Å². The Bertz CT molecular complexity index is 1050. The number of benzene rings is 2. The van der Waals surface area contributed by atoms with Crippen molar-refractivity contribution in [3.8, 4) is 5.75 Å². The quantitative estimate of drug-likeness (QED) is 0.325. The summed E-state index contributed by atoms with van der Waals surface area (Å²) in [7, 11) is 0. The van der Waals surface area contributed by atoms with Crippen LogP contribution in [0.1, 0.15) is 75.2 Å². The first-order valence-corrected chi connectivity index (χ1v) is 12.9. The zero-order valence-corrected chi connectivity index (χ0v) is 21.9. The smallest absolute Gasteiger partial charge is 0.335 e. The minimum atomic E-state index is -1.01. The van der Waals surface area contributed by atoms with E-state index in [0.717, 1.165) is 31.2 Å². The number of nitrogens with zero attached hydrogens (tertiary/aromatic N) is 1. The standard InChI is InChI=1S/C29H38N2O6/c1-29(2,3)22-10-14-24(15-11-22)31(28(36)30-23-12-8-21(9-13-23)27(34)35)19-20-6-16-25(17-7-20)37-18-4-5-26(32)33/h6-9,12-13,16-17,22,24H,4-5,10-11,14-15,18-19H2,1-3H3,(H,30,36)(H,32,33)(H,34,35). The van der Waals surface area contributed by atoms with Crippen molar-refractivity contribution < 1.29 is 29.3 Å². The Kier molecular flexibility index (Phi) is 9.55. The van der Waals surface area contributed by atoms with Crippen LogP contribution < -0.4 is 10.1 Å². The molecule has 0 saturated heterocycles. The molecule has 0 bridgehead atoms. The van der Waals surface area contributed by atoms with E-state index >= 15 is 0 Å². The van der Waals surface area contributed by atoms with Crippen molar-refractivity contribution in [3.63, 3.8) is 0 Å². The number of nitrogens with one attached hydrogen (secondary N) is 1. The van der Waals surface area contributed by atoms with Crippen molar-refractivity contribution in [2.24, 2.45) is 11.3 Å². The number of hydrogen-bond acceptors (Lipinski definition) is 4. The average molecular weight is 511 g/mol. The molecule has 0 heterocycles. The molecule has 2 amide bonds. The topological polar surface area (TPSA) is 116 Å². The summed E-state index contributed by atoms with van der Waals surface area (Å²) in [5, 5.41) is 20.8. The minimum absolute atomic E-state index is 0.0681. The number of amides is 2. The van der Waals surface area contributed by atoms with Crippen LogP contribution in [0.5, 0.6) is 5.75 Å². The highest BCUT2D eigenvalue weighted by Crippen LogP contribution is 2.39. The van der Waals surface area contributed by atoms with Crippen LogP contribution in [-0.4, -0.2) is 45.7 Å². The number of aromatic carboxylic acids is 1. The summed E-state index contributed by atoms with van der Waals surface area (Å²) in [5.74, 6) is -0.569. The van der Waals surface area contributed by atoms with Crippen molar-refractivity contribution in [2.45, 2.75) is 71.9 Å². The lowest BCUT2D eigenvalue weighted by Crippen LogP contribution is -2.45. The Balaban J connectivity index is 1.69. The van der Waals surface area contributed by atoms with Gasteiger partial charge in [-0.15, -0.1) is 0 Å². The number of rotatable bonds is 10. The van der Waals surface area contributed by atoms with Gasteiger partial charge in [0, 0.05) is 24.7 Å². The molecule has 0 unspecified atom stereocenters. The molecule has 3 N–H and O–H groups in total. The van der Waals surface area contributed by atoms with E-state index in [0.29, 0.717) is 36.9 Å². The van der Waals surface area contributed by atoms with Gasteiger partial charge in [0.25, 0.3) is 0 Å². The van der Waals surface area contributed by atoms with Gasteiger partial charge in [0.1, 0.15) is 5.75 Å². The van der Waals surface area contributed by atoms with Crippen molar-refractivity contribution in [1.29, 1.82) is 0 Å². The Morgan fingerprint density at radius 3 is 2.11 bits per heavy atom. The highest BCUT2D eigenvalue weighted by molar-refractivity contribution is 5.91. The molecule has 0 aliphatic heterocycles. The normalized spacial score (nSPS) is 17.6. The number of carboxylic acid groups (broad SMARTS) is 2. The molecule has 37 heavy (non-hydrogen) atoms. The number of carbonyl (C=O) groups excluding carboxylic acids is 1. The zero-order chi connectivity index (χ0) is 27.0. The second kappa shape index (κ2) is 12.6. The monoisotopic (exact) mass is 510 g/mol. The van der Waals surface area contributed by atoms with Gasteiger partial charge in [0.05, 0.1) is 12.2 Å². The predicted octanol–water partition coefficient (Wildman–Crippen LogP) is 6.27. The lowest BCUT2D eigenvalue weighted by Gasteiger charge is -2.41. The third-order valence-corrected chi connectivity index (χ3v) is 7.09. The van der Waals surface area contributed by atoms with Crippen LogP contribution in [0.4, 0.5) is 10.5 Å². The largest absolute Gasteiger partial charge is 0.494 e. The maximum absolute atomic E-state index is 13.4. The van der Waals surface area contributed by atoms with Gasteiger partial charge in [-0.1, -0.05) is 32.9 Å². The van der Waals surface area contributed by atoms with E-state index in [2.05, 4.69) is 26.1 Å². The van der Waals surface area contributed by atoms with E-state index in [1.54, 1.807) is 12.1 Å².